The maximum absolute atomic E-state index is 12.9. The van der Waals surface area contributed by atoms with Crippen molar-refractivity contribution in [3.8, 4) is 5.75 Å². The number of carbonyl (C=O) groups is 1. The summed E-state index contributed by atoms with van der Waals surface area (Å²) in [6.07, 6.45) is -3.19. The fourth-order valence-electron chi connectivity index (χ4n) is 2.44. The minimum absolute atomic E-state index is 0.314. The smallest absolute Gasteiger partial charge is 0.406 e. The van der Waals surface area contributed by atoms with Crippen LogP contribution in [0.3, 0.4) is 0 Å². The van der Waals surface area contributed by atoms with Gasteiger partial charge in [-0.1, -0.05) is 29.3 Å². The lowest BCUT2D eigenvalue weighted by molar-refractivity contribution is 0.0730. The summed E-state index contributed by atoms with van der Waals surface area (Å²) in [5.41, 5.74) is 0.000328. The van der Waals surface area contributed by atoms with E-state index in [1.807, 2.05) is 0 Å². The molecule has 1 aromatic heterocycles. The van der Waals surface area contributed by atoms with Crippen molar-refractivity contribution < 1.29 is 23.0 Å². The van der Waals surface area contributed by atoms with Crippen LogP contribution in [0.5, 0.6) is 5.75 Å². The third kappa shape index (κ3) is 4.84. The molecule has 1 amide bonds. The predicted molar refractivity (Wildman–Crippen MR) is 93.0 cm³/mol. The molecule has 2 unspecified atom stereocenters. The monoisotopic (exact) mass is 407 g/mol. The lowest BCUT2D eigenvalue weighted by Crippen LogP contribution is -2.39. The second kappa shape index (κ2) is 8.66. The highest BCUT2D eigenvalue weighted by atomic mass is 35.5. The maximum atomic E-state index is 12.9. The molecule has 2 rings (SSSR count). The van der Waals surface area contributed by atoms with E-state index in [2.05, 4.69) is 10.4 Å². The van der Waals surface area contributed by atoms with Crippen molar-refractivity contribution in [3.05, 3.63) is 45.7 Å². The first-order valence-electron chi connectivity index (χ1n) is 7.50. The Morgan fingerprint density at radius 1 is 1.35 bits per heavy atom. The van der Waals surface area contributed by atoms with Crippen LogP contribution in [0.2, 0.25) is 10.0 Å². The molecule has 2 atom stereocenters. The number of aryl methyl sites for hydroxylation is 1. The number of aromatic nitrogens is 2. The van der Waals surface area contributed by atoms with Gasteiger partial charge >= 0.3 is 6.09 Å². The number of amides is 1. The second-order valence-electron chi connectivity index (χ2n) is 5.50. The van der Waals surface area contributed by atoms with E-state index in [1.165, 1.54) is 20.4 Å². The van der Waals surface area contributed by atoms with Crippen molar-refractivity contribution in [3.63, 3.8) is 0 Å². The third-order valence-electron chi connectivity index (χ3n) is 3.55. The topological polar surface area (TPSA) is 65.4 Å². The first kappa shape index (κ1) is 20.4. The number of methoxy groups -OCH3 is 1. The molecule has 1 N–H and O–H groups in total. The molecule has 1 heterocycles. The highest BCUT2D eigenvalue weighted by molar-refractivity contribution is 6.35. The molecule has 26 heavy (non-hydrogen) atoms. The molecule has 0 spiro atoms. The number of alkyl halides is 2. The third-order valence-corrected chi connectivity index (χ3v) is 4.12. The minimum Gasteiger partial charge on any atom is -0.406 e. The summed E-state index contributed by atoms with van der Waals surface area (Å²) in [5, 5.41) is 6.94. The summed E-state index contributed by atoms with van der Waals surface area (Å²) < 4.78 is 37.3. The molecule has 0 fully saturated rings. The predicted octanol–water partition coefficient (Wildman–Crippen LogP) is 4.53. The molecule has 10 heteroatoms. The highest BCUT2D eigenvalue weighted by Gasteiger charge is 2.26. The molecule has 0 bridgehead atoms. The molecule has 0 aliphatic heterocycles. The van der Waals surface area contributed by atoms with Crippen molar-refractivity contribution in [2.75, 3.05) is 7.11 Å². The molecule has 1 aromatic carbocycles. The summed E-state index contributed by atoms with van der Waals surface area (Å²) in [6.45, 7) is 1.66. The van der Waals surface area contributed by atoms with Gasteiger partial charge in [-0.05, 0) is 19.1 Å². The number of halogens is 4. The van der Waals surface area contributed by atoms with Crippen LogP contribution < -0.4 is 10.1 Å². The van der Waals surface area contributed by atoms with E-state index >= 15 is 0 Å². The fraction of sp³-hybridized carbons (Fsp3) is 0.375. The lowest BCUT2D eigenvalue weighted by atomic mass is 10.0. The van der Waals surface area contributed by atoms with Gasteiger partial charge in [0.2, 0.25) is 0 Å². The Labute approximate surface area is 159 Å². The van der Waals surface area contributed by atoms with Gasteiger partial charge < -0.3 is 14.8 Å². The van der Waals surface area contributed by atoms with Gasteiger partial charge in [-0.25, -0.2) is 13.6 Å². The Morgan fingerprint density at radius 2 is 2.04 bits per heavy atom. The average molecular weight is 408 g/mol. The van der Waals surface area contributed by atoms with E-state index in [-0.39, 0.29) is 5.75 Å². The van der Waals surface area contributed by atoms with Crippen LogP contribution in [0.25, 0.3) is 0 Å². The van der Waals surface area contributed by atoms with Crippen LogP contribution >= 0.6 is 23.2 Å². The first-order valence-corrected chi connectivity index (χ1v) is 8.26. The Hall–Kier alpha value is -1.90. The van der Waals surface area contributed by atoms with Gasteiger partial charge in [0.25, 0.3) is 6.43 Å². The van der Waals surface area contributed by atoms with Gasteiger partial charge in [-0.3, -0.25) is 4.68 Å². The molecular formula is C16H17Cl2F2N3O3. The van der Waals surface area contributed by atoms with Gasteiger partial charge in [0, 0.05) is 29.8 Å². The quantitative estimate of drug-likeness (QED) is 0.763. The number of nitrogens with zero attached hydrogens (tertiary/aromatic N) is 2. The van der Waals surface area contributed by atoms with E-state index in [4.69, 9.17) is 32.7 Å². The summed E-state index contributed by atoms with van der Waals surface area (Å²) in [7, 11) is 2.90. The standard InChI is InChI=1S/C16H17Cl2F2N3O3/c1-8(14(25-3)10-5-4-9(17)6-11(10)18)21-16(24)26-12-7-23(2)22-13(12)15(19)20/h4-8,14-15H,1-3H3,(H,21,24). The van der Waals surface area contributed by atoms with Gasteiger partial charge in [-0.2, -0.15) is 5.10 Å². The minimum atomic E-state index is -2.86. The number of benzene rings is 1. The summed E-state index contributed by atoms with van der Waals surface area (Å²) in [4.78, 5) is 12.1. The van der Waals surface area contributed by atoms with Crippen LogP contribution in [-0.4, -0.2) is 29.0 Å². The Bertz CT molecular complexity index is 786. The van der Waals surface area contributed by atoms with E-state index in [9.17, 15) is 13.6 Å². The number of carbonyl (C=O) groups excluding carboxylic acids is 1. The van der Waals surface area contributed by atoms with Gasteiger partial charge in [0.15, 0.2) is 11.4 Å². The molecule has 0 aliphatic rings. The highest BCUT2D eigenvalue weighted by Crippen LogP contribution is 2.31. The summed E-state index contributed by atoms with van der Waals surface area (Å²) >= 11 is 12.0. The maximum Gasteiger partial charge on any atom is 0.413 e. The second-order valence-corrected chi connectivity index (χ2v) is 6.34. The zero-order valence-electron chi connectivity index (χ0n) is 14.2. The fourth-order valence-corrected chi connectivity index (χ4v) is 2.95. The first-order chi connectivity index (χ1) is 12.2. The van der Waals surface area contributed by atoms with Crippen LogP contribution in [0.1, 0.15) is 30.7 Å². The van der Waals surface area contributed by atoms with Gasteiger partial charge in [0.05, 0.1) is 12.2 Å². The number of hydrogen-bond acceptors (Lipinski definition) is 4. The van der Waals surface area contributed by atoms with Crippen molar-refractivity contribution >= 4 is 29.3 Å². The number of rotatable bonds is 6. The Morgan fingerprint density at radius 3 is 2.62 bits per heavy atom. The molecule has 2 aromatic rings. The van der Waals surface area contributed by atoms with Crippen LogP contribution in [0.4, 0.5) is 13.6 Å². The summed E-state index contributed by atoms with van der Waals surface area (Å²) in [6, 6.07) is 4.31. The molecule has 6 nitrogen and oxygen atoms in total. The van der Waals surface area contributed by atoms with Gasteiger partial charge in [-0.15, -0.1) is 0 Å². The molecule has 0 saturated carbocycles. The van der Waals surface area contributed by atoms with Gasteiger partial charge in [0.1, 0.15) is 6.10 Å². The number of hydrogen-bond donors (Lipinski definition) is 1. The molecule has 0 saturated heterocycles. The number of ether oxygens (including phenoxy) is 2. The van der Waals surface area contributed by atoms with E-state index < -0.39 is 30.4 Å². The van der Waals surface area contributed by atoms with Crippen LogP contribution in [-0.2, 0) is 11.8 Å². The lowest BCUT2D eigenvalue weighted by Gasteiger charge is -2.24. The van der Waals surface area contributed by atoms with Crippen LogP contribution in [0.15, 0.2) is 24.4 Å². The van der Waals surface area contributed by atoms with Crippen molar-refractivity contribution in [2.45, 2.75) is 25.5 Å². The molecule has 0 aliphatic carbocycles. The Kier molecular flexibility index (Phi) is 6.80. The van der Waals surface area contributed by atoms with Crippen molar-refractivity contribution in [1.82, 2.24) is 15.1 Å². The van der Waals surface area contributed by atoms with Crippen LogP contribution in [0, 0.1) is 0 Å². The zero-order chi connectivity index (χ0) is 19.4. The number of nitrogens with one attached hydrogen (secondary N) is 1. The summed E-state index contributed by atoms with van der Waals surface area (Å²) in [5.74, 6) is -0.314. The van der Waals surface area contributed by atoms with Crippen molar-refractivity contribution in [2.24, 2.45) is 7.05 Å². The Balaban J connectivity index is 2.10. The average Bonchev–Trinajstić information content (AvgIpc) is 2.90. The SMILES string of the molecule is COC(c1ccc(Cl)cc1Cl)C(C)NC(=O)Oc1cn(C)nc1C(F)F. The van der Waals surface area contributed by atoms with E-state index in [1.54, 1.807) is 25.1 Å². The largest absolute Gasteiger partial charge is 0.413 e. The normalized spacial score (nSPS) is 13.5. The van der Waals surface area contributed by atoms with Crippen molar-refractivity contribution in [1.29, 1.82) is 0 Å². The molecular weight excluding hydrogens is 391 g/mol. The molecule has 0 radical (unpaired) electrons. The molecule has 142 valence electrons. The van der Waals surface area contributed by atoms with E-state index in [0.29, 0.717) is 15.6 Å². The zero-order valence-corrected chi connectivity index (χ0v) is 15.7. The van der Waals surface area contributed by atoms with E-state index in [0.717, 1.165) is 4.68 Å².